The minimum atomic E-state index is -1.26. The minimum Gasteiger partial charge on any atom is -0.483 e. The number of fused-ring (bicyclic) bond motifs is 1. The average molecular weight is 636 g/mol. The smallest absolute Gasteiger partial charge is 0.335 e. The number of carbonyl (C=O) groups is 1. The molecule has 10 nitrogen and oxygen atoms in total. The molecule has 1 aliphatic heterocycles. The van der Waals surface area contributed by atoms with Crippen molar-refractivity contribution >= 4 is 30.5 Å². The zero-order valence-corrected chi connectivity index (χ0v) is 24.3. The highest BCUT2D eigenvalue weighted by Crippen LogP contribution is 2.28. The second kappa shape index (κ2) is 13.2. The van der Waals surface area contributed by atoms with Gasteiger partial charge >= 0.3 is 5.97 Å². The van der Waals surface area contributed by atoms with Crippen molar-refractivity contribution in [2.24, 2.45) is 0 Å². The van der Waals surface area contributed by atoms with Crippen molar-refractivity contribution in [1.29, 1.82) is 5.26 Å². The van der Waals surface area contributed by atoms with Gasteiger partial charge in [-0.2, -0.15) is 23.7 Å². The Kier molecular flexibility index (Phi) is 9.21. The Morgan fingerprint density at radius 1 is 1.04 bits per heavy atom. The number of hydrogen-bond donors (Lipinski definition) is 1. The maximum atomic E-state index is 15.2. The van der Waals surface area contributed by atoms with E-state index in [-0.39, 0.29) is 72.5 Å². The molecule has 1 N–H and O–H groups in total. The summed E-state index contributed by atoms with van der Waals surface area (Å²) < 4.78 is 62.4. The van der Waals surface area contributed by atoms with Gasteiger partial charge in [0.15, 0.2) is 34.8 Å². The Bertz CT molecular complexity index is 1940. The molecule has 0 aliphatic carbocycles. The molecule has 3 heterocycles. The van der Waals surface area contributed by atoms with Gasteiger partial charge in [-0.15, -0.1) is 0 Å². The highest BCUT2D eigenvalue weighted by atomic mass is 32.1. The second-order valence-corrected chi connectivity index (χ2v) is 9.95. The summed E-state index contributed by atoms with van der Waals surface area (Å²) >= 11 is 0. The maximum absolute atomic E-state index is 15.2. The predicted molar refractivity (Wildman–Crippen MR) is 158 cm³/mol. The lowest BCUT2D eigenvalue weighted by Gasteiger charge is -2.27. The van der Waals surface area contributed by atoms with Crippen LogP contribution in [-0.2, 0) is 24.3 Å². The van der Waals surface area contributed by atoms with E-state index in [9.17, 15) is 18.7 Å². The van der Waals surface area contributed by atoms with Crippen molar-refractivity contribution in [3.05, 3.63) is 107 Å². The van der Waals surface area contributed by atoms with Gasteiger partial charge in [-0.3, -0.25) is 0 Å². The third-order valence-corrected chi connectivity index (χ3v) is 6.98. The number of aromatic carboxylic acids is 1. The molecule has 0 saturated carbocycles. The lowest BCUT2D eigenvalue weighted by Crippen LogP contribution is -2.31. The molecule has 5 aromatic rings. The number of hydrogen-bond acceptors (Lipinski definition) is 8. The molecule has 45 heavy (non-hydrogen) atoms. The first-order valence-corrected chi connectivity index (χ1v) is 13.4. The number of carboxylic acids is 1. The fourth-order valence-electron chi connectivity index (χ4n) is 4.69. The third kappa shape index (κ3) is 6.84. The van der Waals surface area contributed by atoms with Crippen LogP contribution >= 0.6 is 13.5 Å². The van der Waals surface area contributed by atoms with Crippen LogP contribution in [0.15, 0.2) is 60.8 Å². The summed E-state index contributed by atoms with van der Waals surface area (Å²) in [6.45, 7) is 0.739. The number of rotatable bonds is 10. The molecule has 1 aliphatic rings. The Labute approximate surface area is 261 Å². The summed E-state index contributed by atoms with van der Waals surface area (Å²) in [5.74, 6) is -3.03. The zero-order chi connectivity index (χ0) is 30.8. The van der Waals surface area contributed by atoms with Crippen LogP contribution in [0.3, 0.4) is 0 Å². The predicted octanol–water partition coefficient (Wildman–Crippen LogP) is 5.68. The summed E-state index contributed by atoms with van der Waals surface area (Å²) in [5, 5.41) is 18.3. The van der Waals surface area contributed by atoms with Gasteiger partial charge in [0.1, 0.15) is 17.9 Å². The number of aromatic nitrogens is 4. The van der Waals surface area contributed by atoms with Crippen LogP contribution in [0, 0.1) is 28.8 Å². The first kappa shape index (κ1) is 31.3. The number of benzene rings is 3. The van der Waals surface area contributed by atoms with Crippen molar-refractivity contribution in [3.8, 4) is 23.4 Å². The molecule has 1 atom stereocenters. The molecular formula is C31H24F3N5O5S. The van der Waals surface area contributed by atoms with E-state index >= 15 is 4.39 Å². The molecular weight excluding hydrogens is 611 g/mol. The maximum Gasteiger partial charge on any atom is 0.335 e. The summed E-state index contributed by atoms with van der Waals surface area (Å²) in [7, 11) is 0. The average Bonchev–Trinajstić information content (AvgIpc) is 3.33. The van der Waals surface area contributed by atoms with Gasteiger partial charge in [-0.1, -0.05) is 6.07 Å². The first-order chi connectivity index (χ1) is 21.3. The molecule has 0 spiro atoms. The van der Waals surface area contributed by atoms with Gasteiger partial charge in [0.25, 0.3) is 0 Å². The Balaban J connectivity index is 0.00000400. The molecule has 0 radical (unpaired) electrons. The Morgan fingerprint density at radius 3 is 2.51 bits per heavy atom. The summed E-state index contributed by atoms with van der Waals surface area (Å²) in [5.41, 5.74) is 0.806. The van der Waals surface area contributed by atoms with E-state index in [1.807, 2.05) is 6.07 Å². The fourth-order valence-corrected chi connectivity index (χ4v) is 4.69. The van der Waals surface area contributed by atoms with Crippen molar-refractivity contribution in [2.45, 2.75) is 32.1 Å². The summed E-state index contributed by atoms with van der Waals surface area (Å²) in [4.78, 5) is 24.2. The van der Waals surface area contributed by atoms with Crippen LogP contribution in [-0.4, -0.2) is 43.3 Å². The molecule has 0 unspecified atom stereocenters. The molecule has 0 amide bonds. The first-order valence-electron chi connectivity index (χ1n) is 13.4. The van der Waals surface area contributed by atoms with E-state index in [2.05, 4.69) is 15.0 Å². The van der Waals surface area contributed by atoms with Gasteiger partial charge in [0.2, 0.25) is 5.88 Å². The van der Waals surface area contributed by atoms with Gasteiger partial charge in [0, 0.05) is 25.3 Å². The van der Waals surface area contributed by atoms with Crippen LogP contribution in [0.1, 0.15) is 39.6 Å². The lowest BCUT2D eigenvalue weighted by molar-refractivity contribution is -0.0589. The largest absolute Gasteiger partial charge is 0.483 e. The number of halogens is 3. The lowest BCUT2D eigenvalue weighted by atomic mass is 10.1. The molecule has 3 aromatic carbocycles. The third-order valence-electron chi connectivity index (χ3n) is 6.98. The van der Waals surface area contributed by atoms with E-state index in [1.165, 1.54) is 42.6 Å². The van der Waals surface area contributed by atoms with Gasteiger partial charge in [-0.25, -0.2) is 27.9 Å². The monoisotopic (exact) mass is 635 g/mol. The van der Waals surface area contributed by atoms with Crippen LogP contribution in [0.2, 0.25) is 0 Å². The van der Waals surface area contributed by atoms with E-state index in [0.717, 1.165) is 18.6 Å². The Hall–Kier alpha value is -5.13. The number of nitriles is 1. The normalized spacial score (nSPS) is 13.9. The topological polar surface area (TPSA) is 132 Å². The summed E-state index contributed by atoms with van der Waals surface area (Å²) in [6.07, 6.45) is 2.18. The SMILES string of the molecule is N#Cc1ccc(OCc2nccc(Oc3ccc(Cc4nc5c(F)cc(C(=O)O)cc5n4C[C@@H]4CCO4)cc3F)n2)c(F)c1.S. The molecule has 230 valence electrons. The number of nitrogens with zero attached hydrogens (tertiary/aromatic N) is 5. The standard InChI is InChI=1S/C31H22F3N5O5.H2S/c32-21-10-18(14-35)2-3-25(21)43-16-27-36-7-5-29(37-27)44-26-4-1-17(9-22(26)33)11-28-38-30-23(34)12-19(31(40)41)13-24(30)39(28)15-20-6-8-42-20;/h1-5,7,9-10,12-13,20H,6,8,11,15-16H2,(H,40,41);1H2/t20-;/m0./s1. The number of imidazole rings is 1. The molecule has 14 heteroatoms. The summed E-state index contributed by atoms with van der Waals surface area (Å²) in [6, 6.07) is 13.6. The fraction of sp³-hybridized carbons (Fsp3) is 0.194. The van der Waals surface area contributed by atoms with E-state index < -0.39 is 23.4 Å². The quantitative estimate of drug-likeness (QED) is 0.206. The molecule has 1 fully saturated rings. The van der Waals surface area contributed by atoms with Crippen LogP contribution in [0.4, 0.5) is 13.2 Å². The van der Waals surface area contributed by atoms with E-state index in [1.54, 1.807) is 10.6 Å². The van der Waals surface area contributed by atoms with Crippen molar-refractivity contribution in [3.63, 3.8) is 0 Å². The number of ether oxygens (including phenoxy) is 3. The van der Waals surface area contributed by atoms with E-state index in [0.29, 0.717) is 30.1 Å². The number of carboxylic acid groups (broad SMARTS) is 1. The highest BCUT2D eigenvalue weighted by Gasteiger charge is 2.24. The molecule has 6 rings (SSSR count). The van der Waals surface area contributed by atoms with Crippen molar-refractivity contribution in [1.82, 2.24) is 19.5 Å². The van der Waals surface area contributed by atoms with Crippen LogP contribution in [0.5, 0.6) is 17.4 Å². The molecule has 1 saturated heterocycles. The van der Waals surface area contributed by atoms with Gasteiger partial charge in [0.05, 0.1) is 35.4 Å². The second-order valence-electron chi connectivity index (χ2n) is 9.95. The van der Waals surface area contributed by atoms with Crippen molar-refractivity contribution in [2.75, 3.05) is 6.61 Å². The van der Waals surface area contributed by atoms with Crippen molar-refractivity contribution < 1.29 is 37.3 Å². The van der Waals surface area contributed by atoms with Gasteiger partial charge in [-0.05, 0) is 54.4 Å². The minimum absolute atomic E-state index is 0. The van der Waals surface area contributed by atoms with Crippen LogP contribution in [0.25, 0.3) is 11.0 Å². The Morgan fingerprint density at radius 2 is 1.82 bits per heavy atom. The van der Waals surface area contributed by atoms with Gasteiger partial charge < -0.3 is 23.9 Å². The zero-order valence-electron chi connectivity index (χ0n) is 23.3. The van der Waals surface area contributed by atoms with Crippen LogP contribution < -0.4 is 9.47 Å². The molecule has 0 bridgehead atoms. The molecule has 2 aromatic heterocycles. The van der Waals surface area contributed by atoms with E-state index in [4.69, 9.17) is 19.5 Å². The highest BCUT2D eigenvalue weighted by molar-refractivity contribution is 7.59.